The Kier molecular flexibility index (Phi) is 6.06. The lowest BCUT2D eigenvalue weighted by atomic mass is 9.97. The molecule has 35 heavy (non-hydrogen) atoms. The Morgan fingerprint density at radius 3 is 2.66 bits per heavy atom. The van der Waals surface area contributed by atoms with Crippen molar-refractivity contribution in [3.8, 4) is 16.9 Å². The predicted octanol–water partition coefficient (Wildman–Crippen LogP) is 7.40. The summed E-state index contributed by atoms with van der Waals surface area (Å²) in [5, 5.41) is 6.15. The molecule has 0 bridgehead atoms. The number of carbonyl (C=O) groups is 1. The van der Waals surface area contributed by atoms with E-state index in [-0.39, 0.29) is 5.91 Å². The van der Waals surface area contributed by atoms with Crippen LogP contribution in [0.5, 0.6) is 5.75 Å². The summed E-state index contributed by atoms with van der Waals surface area (Å²) in [5.74, 6) is 0.941. The van der Waals surface area contributed by atoms with Gasteiger partial charge in [0.25, 0.3) is 0 Å². The number of hydrogen-bond donors (Lipinski definition) is 1. The van der Waals surface area contributed by atoms with Crippen molar-refractivity contribution in [2.75, 3.05) is 11.9 Å². The van der Waals surface area contributed by atoms with Crippen LogP contribution in [0.3, 0.4) is 0 Å². The van der Waals surface area contributed by atoms with Gasteiger partial charge in [-0.15, -0.1) is 0 Å². The van der Waals surface area contributed by atoms with Gasteiger partial charge < -0.3 is 14.5 Å². The second-order valence-electron chi connectivity index (χ2n) is 8.53. The Balaban J connectivity index is 1.54. The van der Waals surface area contributed by atoms with Gasteiger partial charge in [-0.1, -0.05) is 42.5 Å². The zero-order valence-electron chi connectivity index (χ0n) is 20.0. The Hall–Kier alpha value is -4.38. The number of pyridine rings is 1. The maximum Gasteiger partial charge on any atom is 0.249 e. The van der Waals surface area contributed by atoms with Crippen molar-refractivity contribution < 1.29 is 13.9 Å². The number of allylic oxidation sites excluding steroid dienone is 1. The average molecular weight is 463 g/mol. The number of aryl methyl sites for hydroxylation is 1. The van der Waals surface area contributed by atoms with E-state index in [0.717, 1.165) is 38.8 Å². The van der Waals surface area contributed by atoms with Crippen molar-refractivity contribution in [3.05, 3.63) is 96.4 Å². The zero-order valence-corrected chi connectivity index (χ0v) is 20.0. The molecule has 0 aliphatic rings. The van der Waals surface area contributed by atoms with E-state index in [1.807, 2.05) is 51.1 Å². The number of furan rings is 1. The first-order valence-electron chi connectivity index (χ1n) is 11.6. The molecule has 0 saturated heterocycles. The van der Waals surface area contributed by atoms with Crippen LogP contribution in [0, 0.1) is 6.92 Å². The summed E-state index contributed by atoms with van der Waals surface area (Å²) in [6.07, 6.45) is 5.07. The summed E-state index contributed by atoms with van der Waals surface area (Å²) < 4.78 is 11.8. The molecule has 0 unspecified atom stereocenters. The van der Waals surface area contributed by atoms with Crippen LogP contribution in [-0.2, 0) is 4.79 Å². The Morgan fingerprint density at radius 2 is 1.89 bits per heavy atom. The Morgan fingerprint density at radius 1 is 1.06 bits per heavy atom. The van der Waals surface area contributed by atoms with E-state index in [9.17, 15) is 4.79 Å². The summed E-state index contributed by atoms with van der Waals surface area (Å²) in [6, 6.07) is 22.3. The molecule has 174 valence electrons. The number of benzene rings is 3. The highest BCUT2D eigenvalue weighted by Crippen LogP contribution is 2.38. The maximum atomic E-state index is 12.7. The highest BCUT2D eigenvalue weighted by molar-refractivity contribution is 6.05. The lowest BCUT2D eigenvalue weighted by Gasteiger charge is -2.12. The summed E-state index contributed by atoms with van der Waals surface area (Å²) in [7, 11) is 0. The molecule has 2 aromatic heterocycles. The van der Waals surface area contributed by atoms with E-state index in [4.69, 9.17) is 9.15 Å². The molecule has 0 fully saturated rings. The fraction of sp³-hybridized carbons (Fsp3) is 0.133. The summed E-state index contributed by atoms with van der Waals surface area (Å²) in [4.78, 5) is 16.9. The Bertz CT molecular complexity index is 1560. The topological polar surface area (TPSA) is 64.4 Å². The number of hydrogen-bond acceptors (Lipinski definition) is 4. The zero-order chi connectivity index (χ0) is 24.4. The second kappa shape index (κ2) is 9.47. The SMILES string of the molecule is CCOc1cc2occ(-c3ccc4ccccc4c3)c2cc1/C(C)=C/C(=O)Nc1ccc(C)cn1. The molecule has 0 spiro atoms. The van der Waals surface area contributed by atoms with Crippen LogP contribution >= 0.6 is 0 Å². The second-order valence-corrected chi connectivity index (χ2v) is 8.53. The van der Waals surface area contributed by atoms with E-state index in [1.165, 1.54) is 10.8 Å². The van der Waals surface area contributed by atoms with Crippen LogP contribution in [0.25, 0.3) is 38.4 Å². The van der Waals surface area contributed by atoms with Gasteiger partial charge in [-0.25, -0.2) is 4.98 Å². The first-order chi connectivity index (χ1) is 17.0. The Labute approximate surface area is 204 Å². The average Bonchev–Trinajstić information content (AvgIpc) is 3.27. The van der Waals surface area contributed by atoms with E-state index in [0.29, 0.717) is 18.2 Å². The van der Waals surface area contributed by atoms with Crippen molar-refractivity contribution in [3.63, 3.8) is 0 Å². The van der Waals surface area contributed by atoms with Gasteiger partial charge in [0.1, 0.15) is 17.2 Å². The number of carbonyl (C=O) groups excluding carboxylic acids is 1. The van der Waals surface area contributed by atoms with E-state index in [2.05, 4.69) is 40.6 Å². The molecular formula is C30H26N2O3. The monoisotopic (exact) mass is 462 g/mol. The molecule has 0 atom stereocenters. The van der Waals surface area contributed by atoms with Gasteiger partial charge in [0.2, 0.25) is 5.91 Å². The number of rotatable bonds is 6. The summed E-state index contributed by atoms with van der Waals surface area (Å²) in [5.41, 5.74) is 5.46. The molecule has 0 aliphatic carbocycles. The molecule has 1 N–H and O–H groups in total. The molecule has 5 aromatic rings. The molecule has 5 heteroatoms. The summed E-state index contributed by atoms with van der Waals surface area (Å²) >= 11 is 0. The number of anilines is 1. The van der Waals surface area contributed by atoms with Gasteiger partial charge in [0.05, 0.1) is 12.9 Å². The number of aromatic nitrogens is 1. The van der Waals surface area contributed by atoms with E-state index in [1.54, 1.807) is 24.6 Å². The van der Waals surface area contributed by atoms with Crippen LogP contribution in [-0.4, -0.2) is 17.5 Å². The van der Waals surface area contributed by atoms with Gasteiger partial charge in [0.15, 0.2) is 0 Å². The maximum absolute atomic E-state index is 12.7. The smallest absolute Gasteiger partial charge is 0.249 e. The van der Waals surface area contributed by atoms with E-state index < -0.39 is 0 Å². The van der Waals surface area contributed by atoms with Crippen LogP contribution in [0.1, 0.15) is 25.0 Å². The highest BCUT2D eigenvalue weighted by atomic mass is 16.5. The fourth-order valence-corrected chi connectivity index (χ4v) is 4.20. The third-order valence-electron chi connectivity index (χ3n) is 5.97. The van der Waals surface area contributed by atoms with Gasteiger partial charge in [-0.05, 0) is 66.4 Å². The highest BCUT2D eigenvalue weighted by Gasteiger charge is 2.16. The van der Waals surface area contributed by atoms with Gasteiger partial charge in [0, 0.05) is 34.9 Å². The van der Waals surface area contributed by atoms with Gasteiger partial charge in [-0.2, -0.15) is 0 Å². The first kappa shape index (κ1) is 22.4. The normalized spacial score (nSPS) is 11.7. The van der Waals surface area contributed by atoms with Crippen molar-refractivity contribution in [1.82, 2.24) is 4.98 Å². The van der Waals surface area contributed by atoms with Crippen molar-refractivity contribution in [2.24, 2.45) is 0 Å². The molecule has 0 radical (unpaired) electrons. The predicted molar refractivity (Wildman–Crippen MR) is 142 cm³/mol. The summed E-state index contributed by atoms with van der Waals surface area (Å²) in [6.45, 7) is 6.30. The molecule has 3 aromatic carbocycles. The minimum atomic E-state index is -0.247. The fourth-order valence-electron chi connectivity index (χ4n) is 4.20. The molecule has 2 heterocycles. The van der Waals surface area contributed by atoms with Gasteiger partial charge in [-0.3, -0.25) is 4.79 Å². The molecular weight excluding hydrogens is 436 g/mol. The third kappa shape index (κ3) is 4.66. The molecule has 1 amide bonds. The molecule has 5 nitrogen and oxygen atoms in total. The third-order valence-corrected chi connectivity index (χ3v) is 5.97. The quantitative estimate of drug-likeness (QED) is 0.267. The van der Waals surface area contributed by atoms with Crippen LogP contribution in [0.4, 0.5) is 5.82 Å². The first-order valence-corrected chi connectivity index (χ1v) is 11.6. The minimum absolute atomic E-state index is 0.247. The lowest BCUT2D eigenvalue weighted by Crippen LogP contribution is -2.10. The van der Waals surface area contributed by atoms with Crippen molar-refractivity contribution in [1.29, 1.82) is 0 Å². The van der Waals surface area contributed by atoms with Crippen LogP contribution in [0.15, 0.2) is 89.7 Å². The number of amides is 1. The number of fused-ring (bicyclic) bond motifs is 2. The molecule has 0 saturated carbocycles. The van der Waals surface area contributed by atoms with E-state index >= 15 is 0 Å². The van der Waals surface area contributed by atoms with Crippen LogP contribution < -0.4 is 10.1 Å². The molecule has 0 aliphatic heterocycles. The minimum Gasteiger partial charge on any atom is -0.493 e. The van der Waals surface area contributed by atoms with Crippen LogP contribution in [0.2, 0.25) is 0 Å². The standard InChI is InChI=1S/C30H26N2O3/c1-4-34-27-16-28-25(26(18-35-28)23-11-10-21-7-5-6-8-22(21)14-23)15-24(27)20(3)13-30(33)32-29-12-9-19(2)17-31-29/h5-18H,4H2,1-3H3,(H,31,32,33)/b20-13+. The lowest BCUT2D eigenvalue weighted by molar-refractivity contribution is -0.111. The number of nitrogens with one attached hydrogen (secondary N) is 1. The van der Waals surface area contributed by atoms with Crippen molar-refractivity contribution in [2.45, 2.75) is 20.8 Å². The largest absolute Gasteiger partial charge is 0.493 e. The number of nitrogens with zero attached hydrogens (tertiary/aromatic N) is 1. The van der Waals surface area contributed by atoms with Crippen molar-refractivity contribution >= 4 is 39.0 Å². The van der Waals surface area contributed by atoms with Gasteiger partial charge >= 0.3 is 0 Å². The molecule has 5 rings (SSSR count). The number of ether oxygens (including phenoxy) is 1.